The Labute approximate surface area is 87.7 Å². The lowest BCUT2D eigenvalue weighted by atomic mass is 10.2. The van der Waals surface area contributed by atoms with Crippen molar-refractivity contribution in [1.29, 1.82) is 0 Å². The van der Waals surface area contributed by atoms with Crippen molar-refractivity contribution < 1.29 is 4.74 Å². The SMILES string of the molecule is C=CCCCOC(CC)CNC1CC1. The first kappa shape index (κ1) is 11.7. The summed E-state index contributed by atoms with van der Waals surface area (Å²) in [5.74, 6) is 0. The molecule has 0 bridgehead atoms. The second kappa shape index (κ2) is 7.02. The lowest BCUT2D eigenvalue weighted by Crippen LogP contribution is -2.30. The molecular weight excluding hydrogens is 174 g/mol. The molecule has 2 heteroatoms. The summed E-state index contributed by atoms with van der Waals surface area (Å²) in [4.78, 5) is 0. The van der Waals surface area contributed by atoms with Crippen LogP contribution < -0.4 is 5.32 Å². The van der Waals surface area contributed by atoms with Gasteiger partial charge in [-0.05, 0) is 32.1 Å². The maximum absolute atomic E-state index is 5.76. The highest BCUT2D eigenvalue weighted by atomic mass is 16.5. The molecule has 0 amide bonds. The van der Waals surface area contributed by atoms with Crippen molar-refractivity contribution in [3.05, 3.63) is 12.7 Å². The molecule has 1 fully saturated rings. The van der Waals surface area contributed by atoms with E-state index in [-0.39, 0.29) is 0 Å². The molecule has 1 atom stereocenters. The Hall–Kier alpha value is -0.340. The summed E-state index contributed by atoms with van der Waals surface area (Å²) in [5, 5.41) is 3.50. The third kappa shape index (κ3) is 5.40. The molecule has 1 saturated carbocycles. The highest BCUT2D eigenvalue weighted by Gasteiger charge is 2.21. The molecule has 0 spiro atoms. The van der Waals surface area contributed by atoms with Gasteiger partial charge in [0.25, 0.3) is 0 Å². The predicted molar refractivity (Wildman–Crippen MR) is 60.5 cm³/mol. The van der Waals surface area contributed by atoms with E-state index in [0.29, 0.717) is 6.10 Å². The van der Waals surface area contributed by atoms with E-state index in [0.717, 1.165) is 38.5 Å². The highest BCUT2D eigenvalue weighted by Crippen LogP contribution is 2.18. The van der Waals surface area contributed by atoms with Gasteiger partial charge in [0.15, 0.2) is 0 Å². The van der Waals surface area contributed by atoms with E-state index in [4.69, 9.17) is 4.74 Å². The number of allylic oxidation sites excluding steroid dienone is 1. The largest absolute Gasteiger partial charge is 0.377 e. The first-order chi connectivity index (χ1) is 6.86. The summed E-state index contributed by atoms with van der Waals surface area (Å²) in [6.45, 7) is 7.78. The summed E-state index contributed by atoms with van der Waals surface area (Å²) < 4.78 is 5.76. The number of ether oxygens (including phenoxy) is 1. The summed E-state index contributed by atoms with van der Waals surface area (Å²) in [6, 6.07) is 0.792. The summed E-state index contributed by atoms with van der Waals surface area (Å²) in [5.41, 5.74) is 0. The Balaban J connectivity index is 1.95. The van der Waals surface area contributed by atoms with Crippen LogP contribution in [0, 0.1) is 0 Å². The minimum atomic E-state index is 0.403. The molecule has 2 nitrogen and oxygen atoms in total. The average Bonchev–Trinajstić information content (AvgIpc) is 3.01. The van der Waals surface area contributed by atoms with Crippen molar-refractivity contribution in [2.24, 2.45) is 0 Å². The monoisotopic (exact) mass is 197 g/mol. The van der Waals surface area contributed by atoms with Crippen molar-refractivity contribution >= 4 is 0 Å². The predicted octanol–water partition coefficient (Wildman–Crippen LogP) is 2.50. The molecule has 0 aromatic heterocycles. The van der Waals surface area contributed by atoms with Crippen molar-refractivity contribution in [1.82, 2.24) is 5.32 Å². The lowest BCUT2D eigenvalue weighted by molar-refractivity contribution is 0.0494. The van der Waals surface area contributed by atoms with Crippen LogP contribution in [0.4, 0.5) is 0 Å². The zero-order valence-electron chi connectivity index (χ0n) is 9.30. The molecule has 1 aliphatic rings. The van der Waals surface area contributed by atoms with Crippen molar-refractivity contribution in [2.75, 3.05) is 13.2 Å². The van der Waals surface area contributed by atoms with Crippen LogP contribution >= 0.6 is 0 Å². The van der Waals surface area contributed by atoms with Gasteiger partial charge in [0.2, 0.25) is 0 Å². The molecule has 1 unspecified atom stereocenters. The molecule has 1 N–H and O–H groups in total. The molecule has 0 radical (unpaired) electrons. The van der Waals surface area contributed by atoms with Gasteiger partial charge >= 0.3 is 0 Å². The number of hydrogen-bond donors (Lipinski definition) is 1. The van der Waals surface area contributed by atoms with E-state index in [2.05, 4.69) is 18.8 Å². The molecule has 0 aliphatic heterocycles. The first-order valence-electron chi connectivity index (χ1n) is 5.82. The van der Waals surface area contributed by atoms with E-state index < -0.39 is 0 Å². The summed E-state index contributed by atoms with van der Waals surface area (Å²) in [6.07, 6.45) is 8.33. The van der Waals surface area contributed by atoms with Gasteiger partial charge in [-0.25, -0.2) is 0 Å². The quantitative estimate of drug-likeness (QED) is 0.453. The maximum Gasteiger partial charge on any atom is 0.0696 e. The highest BCUT2D eigenvalue weighted by molar-refractivity contribution is 4.81. The molecule has 0 aromatic rings. The minimum Gasteiger partial charge on any atom is -0.377 e. The first-order valence-corrected chi connectivity index (χ1v) is 5.82. The normalized spacial score (nSPS) is 18.1. The molecule has 82 valence electrons. The van der Waals surface area contributed by atoms with Crippen molar-refractivity contribution in [3.63, 3.8) is 0 Å². The molecule has 0 aromatic carbocycles. The smallest absolute Gasteiger partial charge is 0.0696 e. The minimum absolute atomic E-state index is 0.403. The van der Waals surface area contributed by atoms with Gasteiger partial charge in [-0.15, -0.1) is 6.58 Å². The van der Waals surface area contributed by atoms with E-state index in [9.17, 15) is 0 Å². The zero-order valence-corrected chi connectivity index (χ0v) is 9.30. The van der Waals surface area contributed by atoms with Gasteiger partial charge in [-0.3, -0.25) is 0 Å². The third-order valence-corrected chi connectivity index (χ3v) is 2.57. The fraction of sp³-hybridized carbons (Fsp3) is 0.833. The summed E-state index contributed by atoms with van der Waals surface area (Å²) >= 11 is 0. The maximum atomic E-state index is 5.76. The molecule has 14 heavy (non-hydrogen) atoms. The molecule has 1 rings (SSSR count). The van der Waals surface area contributed by atoms with Gasteiger partial charge in [0.1, 0.15) is 0 Å². The number of rotatable bonds is 9. The van der Waals surface area contributed by atoms with Crippen LogP contribution in [0.3, 0.4) is 0 Å². The molecule has 1 aliphatic carbocycles. The topological polar surface area (TPSA) is 21.3 Å². The van der Waals surface area contributed by atoms with Gasteiger partial charge in [0.05, 0.1) is 6.10 Å². The number of hydrogen-bond acceptors (Lipinski definition) is 2. The fourth-order valence-electron chi connectivity index (χ4n) is 1.38. The van der Waals surface area contributed by atoms with Crippen molar-refractivity contribution in [3.8, 4) is 0 Å². The van der Waals surface area contributed by atoms with Crippen LogP contribution in [0.1, 0.15) is 39.0 Å². The Morgan fingerprint density at radius 3 is 2.93 bits per heavy atom. The van der Waals surface area contributed by atoms with E-state index >= 15 is 0 Å². The standard InChI is InChI=1S/C12H23NO/c1-3-5-6-9-14-12(4-2)10-13-11-7-8-11/h3,11-13H,1,4-10H2,2H3. The van der Waals surface area contributed by atoms with Crippen LogP contribution in [0.15, 0.2) is 12.7 Å². The van der Waals surface area contributed by atoms with Gasteiger partial charge < -0.3 is 10.1 Å². The number of nitrogens with one attached hydrogen (secondary N) is 1. The molecule has 0 heterocycles. The van der Waals surface area contributed by atoms with Gasteiger partial charge in [-0.1, -0.05) is 13.0 Å². The number of unbranched alkanes of at least 4 members (excludes halogenated alkanes) is 1. The van der Waals surface area contributed by atoms with Crippen LogP contribution in [0.5, 0.6) is 0 Å². The second-order valence-electron chi connectivity index (χ2n) is 4.01. The van der Waals surface area contributed by atoms with E-state index in [1.54, 1.807) is 0 Å². The Morgan fingerprint density at radius 1 is 1.57 bits per heavy atom. The Bertz CT molecular complexity index is 154. The van der Waals surface area contributed by atoms with Crippen LogP contribution in [0.2, 0.25) is 0 Å². The Kier molecular flexibility index (Phi) is 5.88. The molecule has 0 saturated heterocycles. The zero-order chi connectivity index (χ0) is 10.2. The van der Waals surface area contributed by atoms with E-state index in [1.807, 2.05) is 6.08 Å². The van der Waals surface area contributed by atoms with Crippen LogP contribution in [-0.4, -0.2) is 25.3 Å². The van der Waals surface area contributed by atoms with Gasteiger partial charge in [-0.2, -0.15) is 0 Å². The van der Waals surface area contributed by atoms with E-state index in [1.165, 1.54) is 12.8 Å². The van der Waals surface area contributed by atoms with Crippen LogP contribution in [-0.2, 0) is 4.74 Å². The van der Waals surface area contributed by atoms with Gasteiger partial charge in [0, 0.05) is 19.2 Å². The molecular formula is C12H23NO. The average molecular weight is 197 g/mol. The fourth-order valence-corrected chi connectivity index (χ4v) is 1.38. The van der Waals surface area contributed by atoms with Crippen molar-refractivity contribution in [2.45, 2.75) is 51.2 Å². The lowest BCUT2D eigenvalue weighted by Gasteiger charge is -2.16. The van der Waals surface area contributed by atoms with Crippen LogP contribution in [0.25, 0.3) is 0 Å². The Morgan fingerprint density at radius 2 is 2.36 bits per heavy atom. The summed E-state index contributed by atoms with van der Waals surface area (Å²) in [7, 11) is 0. The second-order valence-corrected chi connectivity index (χ2v) is 4.01. The third-order valence-electron chi connectivity index (χ3n) is 2.57.